The Hall–Kier alpha value is -1.10. The summed E-state index contributed by atoms with van der Waals surface area (Å²) in [5.74, 6) is 1.34. The zero-order valence-electron chi connectivity index (χ0n) is 7.87. The molecule has 0 aliphatic heterocycles. The van der Waals surface area contributed by atoms with Crippen molar-refractivity contribution < 1.29 is 0 Å². The van der Waals surface area contributed by atoms with Gasteiger partial charge in [0.2, 0.25) is 17.2 Å². The normalized spacial score (nSPS) is 17.9. The summed E-state index contributed by atoms with van der Waals surface area (Å²) >= 11 is 5.65. The summed E-state index contributed by atoms with van der Waals surface area (Å²) in [6, 6.07) is 0.368. The van der Waals surface area contributed by atoms with Gasteiger partial charge in [-0.05, 0) is 37.3 Å². The number of aromatic nitrogens is 3. The molecule has 1 fully saturated rings. The molecule has 1 aromatic rings. The van der Waals surface area contributed by atoms with Gasteiger partial charge in [0.25, 0.3) is 0 Å². The second kappa shape index (κ2) is 3.57. The maximum absolute atomic E-state index is 5.65. The number of hydrogen-bond acceptors (Lipinski definition) is 5. The zero-order chi connectivity index (χ0) is 10.1. The van der Waals surface area contributed by atoms with Crippen LogP contribution in [0.25, 0.3) is 0 Å². The predicted octanol–water partition coefficient (Wildman–Crippen LogP) is 1.32. The number of nitrogens with two attached hydrogens (primary N) is 1. The molecule has 1 aliphatic carbocycles. The van der Waals surface area contributed by atoms with Crippen LogP contribution in [0.2, 0.25) is 5.28 Å². The Morgan fingerprint density at radius 1 is 1.43 bits per heavy atom. The number of nitrogens with one attached hydrogen (secondary N) is 1. The Kier molecular flexibility index (Phi) is 2.41. The third-order valence-corrected chi connectivity index (χ3v) is 2.48. The molecule has 1 atom stereocenters. The molecule has 2 rings (SSSR count). The fourth-order valence-electron chi connectivity index (χ4n) is 1.35. The average Bonchev–Trinajstić information content (AvgIpc) is 2.82. The van der Waals surface area contributed by atoms with Crippen molar-refractivity contribution in [2.45, 2.75) is 25.8 Å². The predicted molar refractivity (Wildman–Crippen MR) is 55.1 cm³/mol. The first-order chi connectivity index (χ1) is 6.65. The van der Waals surface area contributed by atoms with E-state index in [1.165, 1.54) is 12.8 Å². The molecular weight excluding hydrogens is 202 g/mol. The van der Waals surface area contributed by atoms with E-state index < -0.39 is 0 Å². The van der Waals surface area contributed by atoms with Crippen molar-refractivity contribution in [3.05, 3.63) is 5.28 Å². The molecule has 76 valence electrons. The van der Waals surface area contributed by atoms with Crippen LogP contribution in [-0.2, 0) is 0 Å². The van der Waals surface area contributed by atoms with Gasteiger partial charge in [-0.25, -0.2) is 0 Å². The van der Waals surface area contributed by atoms with Crippen molar-refractivity contribution in [1.82, 2.24) is 15.0 Å². The van der Waals surface area contributed by atoms with Gasteiger partial charge >= 0.3 is 0 Å². The Bertz CT molecular complexity index is 318. The molecule has 1 heterocycles. The molecule has 1 aromatic heterocycles. The monoisotopic (exact) mass is 213 g/mol. The van der Waals surface area contributed by atoms with E-state index in [0.29, 0.717) is 12.0 Å². The quantitative estimate of drug-likeness (QED) is 0.792. The fraction of sp³-hybridized carbons (Fsp3) is 0.625. The highest BCUT2D eigenvalue weighted by Crippen LogP contribution is 2.33. The molecule has 0 radical (unpaired) electrons. The first-order valence-electron chi connectivity index (χ1n) is 4.59. The first-order valence-corrected chi connectivity index (χ1v) is 4.96. The number of halogens is 1. The van der Waals surface area contributed by atoms with E-state index in [-0.39, 0.29) is 11.2 Å². The van der Waals surface area contributed by atoms with Gasteiger partial charge in [-0.3, -0.25) is 0 Å². The number of rotatable bonds is 3. The van der Waals surface area contributed by atoms with E-state index >= 15 is 0 Å². The van der Waals surface area contributed by atoms with Crippen LogP contribution in [0.4, 0.5) is 11.9 Å². The van der Waals surface area contributed by atoms with Crippen LogP contribution in [0.3, 0.4) is 0 Å². The number of hydrogen-bond donors (Lipinski definition) is 2. The van der Waals surface area contributed by atoms with Crippen LogP contribution in [0.1, 0.15) is 19.8 Å². The molecule has 14 heavy (non-hydrogen) atoms. The number of nitrogens with zero attached hydrogens (tertiary/aromatic N) is 3. The van der Waals surface area contributed by atoms with Crippen molar-refractivity contribution in [1.29, 1.82) is 0 Å². The summed E-state index contributed by atoms with van der Waals surface area (Å²) in [6.07, 6.45) is 2.53. The summed E-state index contributed by atoms with van der Waals surface area (Å²) in [4.78, 5) is 11.6. The number of nitrogen functional groups attached to an aromatic ring is 1. The van der Waals surface area contributed by atoms with E-state index in [1.54, 1.807) is 0 Å². The van der Waals surface area contributed by atoms with Gasteiger partial charge in [0, 0.05) is 6.04 Å². The molecule has 3 N–H and O–H groups in total. The van der Waals surface area contributed by atoms with Crippen molar-refractivity contribution in [3.63, 3.8) is 0 Å². The Morgan fingerprint density at radius 3 is 2.71 bits per heavy atom. The molecule has 1 saturated carbocycles. The topological polar surface area (TPSA) is 76.7 Å². The van der Waals surface area contributed by atoms with Crippen LogP contribution in [0, 0.1) is 5.92 Å². The Labute approximate surface area is 87.1 Å². The molecule has 0 amide bonds. The van der Waals surface area contributed by atoms with E-state index in [9.17, 15) is 0 Å². The molecule has 5 nitrogen and oxygen atoms in total. The van der Waals surface area contributed by atoms with E-state index in [0.717, 1.165) is 5.92 Å². The summed E-state index contributed by atoms with van der Waals surface area (Å²) in [5, 5.41) is 3.29. The molecule has 1 aliphatic rings. The summed E-state index contributed by atoms with van der Waals surface area (Å²) in [6.45, 7) is 2.10. The minimum absolute atomic E-state index is 0.128. The maximum atomic E-state index is 5.65. The molecule has 0 bridgehead atoms. The lowest BCUT2D eigenvalue weighted by Gasteiger charge is -2.12. The van der Waals surface area contributed by atoms with E-state index in [4.69, 9.17) is 17.3 Å². The molecule has 0 saturated heterocycles. The lowest BCUT2D eigenvalue weighted by atomic mass is 10.2. The Morgan fingerprint density at radius 2 is 2.14 bits per heavy atom. The lowest BCUT2D eigenvalue weighted by Crippen LogP contribution is -2.19. The molecule has 6 heteroatoms. The first kappa shape index (κ1) is 9.45. The van der Waals surface area contributed by atoms with Gasteiger partial charge in [0.05, 0.1) is 0 Å². The van der Waals surface area contributed by atoms with Crippen LogP contribution in [-0.4, -0.2) is 21.0 Å². The lowest BCUT2D eigenvalue weighted by molar-refractivity contribution is 0.685. The minimum atomic E-state index is 0.128. The fourth-order valence-corrected chi connectivity index (χ4v) is 1.51. The van der Waals surface area contributed by atoms with Crippen molar-refractivity contribution in [2.24, 2.45) is 5.92 Å². The average molecular weight is 214 g/mol. The second-order valence-electron chi connectivity index (χ2n) is 3.56. The highest BCUT2D eigenvalue weighted by atomic mass is 35.5. The SMILES string of the molecule is CC(Nc1nc(N)nc(Cl)n1)C1CC1. The van der Waals surface area contributed by atoms with Gasteiger partial charge in [-0.15, -0.1) is 0 Å². The van der Waals surface area contributed by atoms with Crippen LogP contribution in [0.5, 0.6) is 0 Å². The van der Waals surface area contributed by atoms with Crippen LogP contribution >= 0.6 is 11.6 Å². The van der Waals surface area contributed by atoms with Crippen LogP contribution < -0.4 is 11.1 Å². The standard InChI is InChI=1S/C8H12ClN5/c1-4(5-2-3-5)11-8-13-6(9)12-7(10)14-8/h4-5H,2-3H2,1H3,(H3,10,11,12,13,14). The van der Waals surface area contributed by atoms with Crippen molar-refractivity contribution >= 4 is 23.5 Å². The molecule has 0 aromatic carbocycles. The van der Waals surface area contributed by atoms with Gasteiger partial charge in [-0.1, -0.05) is 0 Å². The number of anilines is 2. The summed E-state index contributed by atoms with van der Waals surface area (Å²) in [7, 11) is 0. The van der Waals surface area contributed by atoms with E-state index in [2.05, 4.69) is 27.2 Å². The molecular formula is C8H12ClN5. The largest absolute Gasteiger partial charge is 0.368 e. The Balaban J connectivity index is 2.07. The van der Waals surface area contributed by atoms with Gasteiger partial charge < -0.3 is 11.1 Å². The maximum Gasteiger partial charge on any atom is 0.229 e. The van der Waals surface area contributed by atoms with E-state index in [1.807, 2.05) is 0 Å². The summed E-state index contributed by atoms with van der Waals surface area (Å²) < 4.78 is 0. The minimum Gasteiger partial charge on any atom is -0.368 e. The third-order valence-electron chi connectivity index (χ3n) is 2.31. The van der Waals surface area contributed by atoms with Gasteiger partial charge in [-0.2, -0.15) is 15.0 Å². The van der Waals surface area contributed by atoms with Crippen LogP contribution in [0.15, 0.2) is 0 Å². The smallest absolute Gasteiger partial charge is 0.229 e. The second-order valence-corrected chi connectivity index (χ2v) is 3.89. The third kappa shape index (κ3) is 2.23. The highest BCUT2D eigenvalue weighted by Gasteiger charge is 2.28. The van der Waals surface area contributed by atoms with Gasteiger partial charge in [0.15, 0.2) is 0 Å². The zero-order valence-corrected chi connectivity index (χ0v) is 8.62. The van der Waals surface area contributed by atoms with Gasteiger partial charge in [0.1, 0.15) is 0 Å². The van der Waals surface area contributed by atoms with Crippen molar-refractivity contribution in [3.8, 4) is 0 Å². The molecule has 1 unspecified atom stereocenters. The molecule has 0 spiro atoms. The summed E-state index contributed by atoms with van der Waals surface area (Å²) in [5.41, 5.74) is 5.44. The highest BCUT2D eigenvalue weighted by molar-refractivity contribution is 6.28. The van der Waals surface area contributed by atoms with Crippen molar-refractivity contribution in [2.75, 3.05) is 11.1 Å².